The Hall–Kier alpha value is -9.10. The van der Waals surface area contributed by atoms with E-state index in [2.05, 4.69) is 94.0 Å². The Kier molecular flexibility index (Phi) is 51.5. The van der Waals surface area contributed by atoms with E-state index in [9.17, 15) is 15.0 Å². The molecule has 0 saturated carbocycles. The van der Waals surface area contributed by atoms with Crippen molar-refractivity contribution in [1.29, 1.82) is 0 Å². The quantitative estimate of drug-likeness (QED) is 0.0331. The first-order valence-electron chi connectivity index (χ1n) is 23.8. The smallest absolute Gasteiger partial charge is 0.158 e. The molecule has 0 unspecified atom stereocenters. The fraction of sp³-hybridized carbons (Fsp3) is 0.0145. The summed E-state index contributed by atoms with van der Waals surface area (Å²) in [6, 6.07) is 34.3. The Morgan fingerprint density at radius 2 is 0.549 bits per heavy atom. The van der Waals surface area contributed by atoms with Gasteiger partial charge in [0.25, 0.3) is 0 Å². The van der Waals surface area contributed by atoms with E-state index < -0.39 is 0 Å². The molecule has 0 aliphatic heterocycles. The molecular weight excluding hydrogens is 1470 g/mol. The molecule has 458 valence electrons. The second kappa shape index (κ2) is 51.7. The van der Waals surface area contributed by atoms with Gasteiger partial charge in [-0.3, -0.25) is 35.5 Å². The van der Waals surface area contributed by atoms with Crippen LogP contribution in [0.2, 0.25) is 0 Å². The van der Waals surface area contributed by atoms with Gasteiger partial charge in [-0.2, -0.15) is 33.8 Å². The van der Waals surface area contributed by atoms with Crippen LogP contribution in [0.5, 0.6) is 92.0 Å². The first-order valence-corrected chi connectivity index (χ1v) is 23.8. The van der Waals surface area contributed by atoms with Gasteiger partial charge < -0.3 is 104 Å². The van der Waals surface area contributed by atoms with E-state index in [-0.39, 0.29) is 228 Å². The predicted molar refractivity (Wildman–Crippen MR) is 328 cm³/mol. The molecule has 8 aromatic rings. The van der Waals surface area contributed by atoms with Gasteiger partial charge in [-0.1, -0.05) is 64.8 Å². The maximum Gasteiger partial charge on any atom is 0.158 e. The summed E-state index contributed by atoms with van der Waals surface area (Å²) in [7, 11) is 0. The number of hydrogen-bond donors (Lipinski definition) is 16. The van der Waals surface area contributed by atoms with Gasteiger partial charge >= 0.3 is 0 Å². The Bertz CT molecular complexity index is 3720. The van der Waals surface area contributed by atoms with Crippen molar-refractivity contribution in [2.24, 2.45) is 0 Å². The Morgan fingerprint density at radius 3 is 0.747 bits per heavy atom. The van der Waals surface area contributed by atoms with Crippen molar-refractivity contribution < 1.29 is 222 Å². The third kappa shape index (κ3) is 38.8. The van der Waals surface area contributed by atoms with Crippen LogP contribution < -0.4 is 0 Å². The van der Waals surface area contributed by atoms with Gasteiger partial charge in [-0.05, 0) is 122 Å². The number of terminal acetylenes is 2. The number of aryl methyl sites for hydroxylation is 1. The second-order valence-electron chi connectivity index (χ2n) is 15.8. The number of hydrogen-bond acceptors (Lipinski definition) is 18. The minimum absolute atomic E-state index is 0. The molecule has 0 heterocycles. The number of carbonyl (C=O) groups excluding carboxylic acids is 2. The van der Waals surface area contributed by atoms with Crippen molar-refractivity contribution in [3.05, 3.63) is 230 Å². The number of allylic oxidation sites excluding steroid dienone is 1. The number of phenols is 16. The van der Waals surface area contributed by atoms with Crippen LogP contribution in [0.15, 0.2) is 158 Å². The molecular formula is C69H56O18Y4-6. The number of benzene rings is 8. The van der Waals surface area contributed by atoms with Gasteiger partial charge in [0, 0.05) is 148 Å². The van der Waals surface area contributed by atoms with Crippen molar-refractivity contribution in [2.45, 2.75) is 6.92 Å². The first-order chi connectivity index (χ1) is 41.3. The molecule has 0 aliphatic rings. The van der Waals surface area contributed by atoms with Crippen LogP contribution in [0.1, 0.15) is 44.5 Å². The molecule has 0 aliphatic carbocycles. The third-order valence-corrected chi connectivity index (χ3v) is 9.38. The molecule has 0 bridgehead atoms. The van der Waals surface area contributed by atoms with Crippen LogP contribution in [0, 0.1) is 107 Å². The van der Waals surface area contributed by atoms with Crippen molar-refractivity contribution in [3.63, 3.8) is 0 Å². The number of rotatable bonds is 2. The van der Waals surface area contributed by atoms with E-state index >= 15 is 0 Å². The molecule has 0 spiro atoms. The molecule has 18 nitrogen and oxygen atoms in total. The van der Waals surface area contributed by atoms with Gasteiger partial charge in [0.15, 0.2) is 80.5 Å². The van der Waals surface area contributed by atoms with Gasteiger partial charge in [-0.25, -0.2) is 12.7 Å². The predicted octanol–water partition coefficient (Wildman–Crippen LogP) is 9.53. The summed E-state index contributed by atoms with van der Waals surface area (Å²) in [5.74, 6) is 22.3. The van der Waals surface area contributed by atoms with Crippen LogP contribution in [0.4, 0.5) is 0 Å². The largest absolute Gasteiger partial charge is 0.517 e. The molecule has 22 heteroatoms. The zero-order valence-electron chi connectivity index (χ0n) is 48.4. The average Bonchev–Trinajstić information content (AvgIpc) is 3.58. The molecule has 0 amide bonds. The summed E-state index contributed by atoms with van der Waals surface area (Å²) in [6.45, 7) is 17.9. The molecule has 8 rings (SSSR count). The van der Waals surface area contributed by atoms with E-state index in [1.165, 1.54) is 103 Å². The minimum Gasteiger partial charge on any atom is -0.517 e. The molecule has 91 heavy (non-hydrogen) atoms. The summed E-state index contributed by atoms with van der Waals surface area (Å²) in [5, 5.41) is 143. The van der Waals surface area contributed by atoms with Crippen molar-refractivity contribution in [2.75, 3.05) is 0 Å². The van der Waals surface area contributed by atoms with Gasteiger partial charge in [0.05, 0.1) is 6.29 Å². The molecule has 4 radical (unpaired) electrons. The maximum absolute atomic E-state index is 9.95. The van der Waals surface area contributed by atoms with E-state index in [1.54, 1.807) is 48.8 Å². The van der Waals surface area contributed by atoms with Crippen LogP contribution in [0.25, 0.3) is 0 Å². The summed E-state index contributed by atoms with van der Waals surface area (Å²) in [6.07, 6.45) is 13.6. The molecule has 0 atom stereocenters. The molecule has 0 saturated heterocycles. The molecule has 8 aromatic carbocycles. The fourth-order valence-electron chi connectivity index (χ4n) is 5.29. The molecule has 0 fully saturated rings. The van der Waals surface area contributed by atoms with E-state index in [1.807, 2.05) is 12.8 Å². The van der Waals surface area contributed by atoms with E-state index in [4.69, 9.17) is 82.7 Å². The normalized spacial score (nSPS) is 8.12. The zero-order chi connectivity index (χ0) is 66.0. The second-order valence-corrected chi connectivity index (χ2v) is 15.8. The van der Waals surface area contributed by atoms with Gasteiger partial charge in [-0.15, -0.1) is 18.1 Å². The first kappa shape index (κ1) is 90.6. The topological polar surface area (TPSA) is 358 Å². The Balaban J connectivity index is -0.000000312. The summed E-state index contributed by atoms with van der Waals surface area (Å²) >= 11 is 0. The molecule has 0 aromatic heterocycles. The van der Waals surface area contributed by atoms with Gasteiger partial charge in [0.1, 0.15) is 11.5 Å². The number of aromatic hydroxyl groups is 16. The van der Waals surface area contributed by atoms with Crippen LogP contribution in [0.3, 0.4) is 0 Å². The van der Waals surface area contributed by atoms with Crippen LogP contribution in [-0.4, -0.2) is 94.3 Å². The van der Waals surface area contributed by atoms with Crippen molar-refractivity contribution in [1.82, 2.24) is 0 Å². The van der Waals surface area contributed by atoms with Crippen LogP contribution in [-0.2, 0) is 140 Å². The van der Waals surface area contributed by atoms with Crippen molar-refractivity contribution >= 4 is 12.6 Å². The fourth-order valence-corrected chi connectivity index (χ4v) is 5.29. The summed E-state index contributed by atoms with van der Waals surface area (Å²) < 4.78 is 0. The zero-order valence-corrected chi connectivity index (χ0v) is 59.8. The van der Waals surface area contributed by atoms with E-state index in [0.717, 1.165) is 17.7 Å². The van der Waals surface area contributed by atoms with Gasteiger partial charge in [0.2, 0.25) is 0 Å². The van der Waals surface area contributed by atoms with Crippen molar-refractivity contribution in [3.8, 4) is 164 Å². The Morgan fingerprint density at radius 1 is 0.341 bits per heavy atom. The Labute approximate surface area is 628 Å². The number of phenolic OH excluding ortho intramolecular Hbond substituents is 16. The SMILES string of the molecule is C#C[CH2-].C#Cc1ccc(O)c(O)c1.C=C[C-]=O.Cc1ccc(O)c(O)c1.O=[C-]c1ccc(O)c(O)c1.Oc1ccc(C#Cc2ccc(O)c(O)c2)cc1O.[CH2-]C#Cc1ccc(O)c(O)c1.[CH2-]C#Cc1ccc(O)c(O)c1.[CH2-]C#Cc1ccc(O)c(O)c1.[Y].[Y].[Y].[Y]. The molecule has 16 N–H and O–H groups in total. The van der Waals surface area contributed by atoms with Crippen LogP contribution >= 0.6 is 0 Å². The standard InChI is InChI=1S/C14H10O4.3C9H7O2.C8H6O2.C7H5O3.C7H8O2.C3H3O.C3H3.4Y/c15-11-5-3-9(7-13(11)17)1-2-10-4-6-12(16)14(18)8-10;3*1-2-3-7-4-5-8(10)9(11)6-7;1-2-6-3-4-7(9)8(10)5-6;8-4-5-1-2-6(9)7(10)3-5;1-5-2-3-6(8)7(9)4-5;1-2-3-4;1-3-2;;;;/h3-8,15-18H;3*4-6,10-11H,1H2;1,3-5,9-10H;1-3,9-10H;2-4,8-9H,1H3;2H,1H2;1H,2H2;;;;/q;3*-1;;-1;;2*-1;;;;. The average molecular weight is 1530 g/mol. The third-order valence-electron chi connectivity index (χ3n) is 9.38. The summed E-state index contributed by atoms with van der Waals surface area (Å²) in [4.78, 5) is 18.9. The van der Waals surface area contributed by atoms with E-state index in [0.29, 0.717) is 33.4 Å². The minimum atomic E-state index is -0.305. The summed E-state index contributed by atoms with van der Waals surface area (Å²) in [5.41, 5.74) is 4.66. The maximum atomic E-state index is 9.95. The monoisotopic (exact) mass is 1530 g/mol.